The van der Waals surface area contributed by atoms with Crippen LogP contribution in [0.4, 0.5) is 11.4 Å². The van der Waals surface area contributed by atoms with E-state index in [1.807, 2.05) is 0 Å². The summed E-state index contributed by atoms with van der Waals surface area (Å²) in [4.78, 5) is 55.2. The van der Waals surface area contributed by atoms with Gasteiger partial charge in [-0.25, -0.2) is 0 Å². The van der Waals surface area contributed by atoms with Crippen molar-refractivity contribution in [1.29, 1.82) is 0 Å². The smallest absolute Gasteiger partial charge is 0.252 e. The van der Waals surface area contributed by atoms with Crippen molar-refractivity contribution < 1.29 is 33.1 Å². The van der Waals surface area contributed by atoms with Gasteiger partial charge in [-0.2, -0.15) is 0 Å². The molecule has 4 aliphatic heterocycles. The lowest BCUT2D eigenvalue weighted by Gasteiger charge is -2.26. The number of benzene rings is 2. The minimum Gasteiger partial charge on any atom is -0.416 e. The molecule has 0 bridgehead atoms. The van der Waals surface area contributed by atoms with E-state index in [1.165, 1.54) is 0 Å². The Kier molecular flexibility index (Phi) is 8.99. The third-order valence-electron chi connectivity index (χ3n) is 9.31. The molecule has 2 N–H and O–H groups in total. The first-order valence-corrected chi connectivity index (χ1v) is 16.4. The van der Waals surface area contributed by atoms with Crippen LogP contribution in [0.1, 0.15) is 51.4 Å². The largest absolute Gasteiger partial charge is 0.416 e. The number of rotatable bonds is 8. The molecule has 4 amide bonds. The molecule has 4 fully saturated rings. The predicted molar refractivity (Wildman–Crippen MR) is 170 cm³/mol. The van der Waals surface area contributed by atoms with Crippen molar-refractivity contribution in [2.75, 3.05) is 36.9 Å². The number of nitrogens with zero attached hydrogens (tertiary/aromatic N) is 4. The number of aromatic nitrogens is 2. The van der Waals surface area contributed by atoms with E-state index in [-0.39, 0.29) is 23.6 Å². The highest BCUT2D eigenvalue weighted by Crippen LogP contribution is 2.28. The Hall–Kier alpha value is -4.62. The van der Waals surface area contributed by atoms with Gasteiger partial charge >= 0.3 is 0 Å². The summed E-state index contributed by atoms with van der Waals surface area (Å²) >= 11 is 0. The monoisotopic (exact) mass is 642 g/mol. The van der Waals surface area contributed by atoms with Crippen molar-refractivity contribution in [2.45, 2.75) is 75.7 Å². The minimum atomic E-state index is -0.511. The highest BCUT2D eigenvalue weighted by atomic mass is 16.5. The van der Waals surface area contributed by atoms with E-state index in [1.54, 1.807) is 58.3 Å². The molecular formula is C34H38N6O7. The molecular weight excluding hydrogens is 604 g/mol. The van der Waals surface area contributed by atoms with Gasteiger partial charge in [0.1, 0.15) is 24.3 Å². The fourth-order valence-electron chi connectivity index (χ4n) is 6.82. The topological polar surface area (TPSA) is 156 Å². The molecule has 0 radical (unpaired) electrons. The Labute approximate surface area is 272 Å². The zero-order chi connectivity index (χ0) is 32.3. The molecule has 5 heterocycles. The van der Waals surface area contributed by atoms with Crippen molar-refractivity contribution in [1.82, 2.24) is 20.0 Å². The summed E-state index contributed by atoms with van der Waals surface area (Å²) in [5.74, 6) is 0.0121. The summed E-state index contributed by atoms with van der Waals surface area (Å²) in [6.45, 7) is 2.29. The summed E-state index contributed by atoms with van der Waals surface area (Å²) in [6.07, 6.45) is 5.05. The second kappa shape index (κ2) is 13.6. The molecule has 2 aromatic carbocycles. The number of ether oxygens (including phenoxy) is 2. The highest BCUT2D eigenvalue weighted by Gasteiger charge is 2.39. The Morgan fingerprint density at radius 1 is 0.596 bits per heavy atom. The number of carbonyl (C=O) groups is 4. The average Bonchev–Trinajstić information content (AvgIpc) is 3.93. The second-order valence-electron chi connectivity index (χ2n) is 12.4. The molecule has 246 valence electrons. The number of hydrogen-bond acceptors (Lipinski definition) is 9. The van der Waals surface area contributed by atoms with E-state index in [0.717, 1.165) is 25.7 Å². The summed E-state index contributed by atoms with van der Waals surface area (Å²) < 4.78 is 17.0. The zero-order valence-corrected chi connectivity index (χ0v) is 26.1. The Bertz CT molecular complexity index is 1490. The lowest BCUT2D eigenvalue weighted by atomic mass is 10.1. The maximum absolute atomic E-state index is 13.1. The van der Waals surface area contributed by atoms with Crippen molar-refractivity contribution in [3.05, 3.63) is 48.5 Å². The van der Waals surface area contributed by atoms with E-state index in [2.05, 4.69) is 20.8 Å². The SMILES string of the molecule is O=C(Nc1ccc(-c2nnc(-c3ccc(NC(=O)C4CCCN4C(=O)[C@@H]4CCCO4)cc3)o2)cc1)C1CCCN1C(=O)[C@@H]1CCCO1. The van der Waals surface area contributed by atoms with Gasteiger partial charge in [-0.3, -0.25) is 19.2 Å². The summed E-state index contributed by atoms with van der Waals surface area (Å²) in [7, 11) is 0. The molecule has 2 unspecified atom stereocenters. The van der Waals surface area contributed by atoms with E-state index >= 15 is 0 Å². The van der Waals surface area contributed by atoms with E-state index in [0.29, 0.717) is 86.3 Å². The van der Waals surface area contributed by atoms with Gasteiger partial charge in [-0.15, -0.1) is 10.2 Å². The summed E-state index contributed by atoms with van der Waals surface area (Å²) in [5, 5.41) is 14.2. The predicted octanol–water partition coefficient (Wildman–Crippen LogP) is 3.62. The molecule has 3 aromatic rings. The van der Waals surface area contributed by atoms with Crippen molar-refractivity contribution in [3.8, 4) is 22.9 Å². The van der Waals surface area contributed by atoms with Crippen LogP contribution in [0.5, 0.6) is 0 Å². The van der Waals surface area contributed by atoms with Gasteiger partial charge in [0, 0.05) is 48.8 Å². The highest BCUT2D eigenvalue weighted by molar-refractivity contribution is 5.99. The van der Waals surface area contributed by atoms with E-state index in [4.69, 9.17) is 13.9 Å². The molecule has 0 spiro atoms. The van der Waals surface area contributed by atoms with Crippen LogP contribution in [0.25, 0.3) is 22.9 Å². The summed E-state index contributed by atoms with van der Waals surface area (Å²) in [5.41, 5.74) is 2.56. The summed E-state index contributed by atoms with van der Waals surface area (Å²) in [6, 6.07) is 13.1. The third kappa shape index (κ3) is 6.63. The molecule has 47 heavy (non-hydrogen) atoms. The van der Waals surface area contributed by atoms with E-state index < -0.39 is 24.3 Å². The number of amides is 4. The van der Waals surface area contributed by atoms with Crippen molar-refractivity contribution >= 4 is 35.0 Å². The van der Waals surface area contributed by atoms with Gasteiger partial charge in [0.25, 0.3) is 11.8 Å². The first kappa shape index (κ1) is 31.0. The zero-order valence-electron chi connectivity index (χ0n) is 26.1. The first-order chi connectivity index (χ1) is 22.9. The van der Waals surface area contributed by atoms with Crippen LogP contribution in [-0.4, -0.2) is 94.2 Å². The van der Waals surface area contributed by atoms with Crippen LogP contribution in [-0.2, 0) is 28.7 Å². The number of hydrogen-bond donors (Lipinski definition) is 2. The van der Waals surface area contributed by atoms with Crippen LogP contribution in [0.2, 0.25) is 0 Å². The molecule has 1 aromatic heterocycles. The quantitative estimate of drug-likeness (QED) is 0.375. The van der Waals surface area contributed by atoms with Crippen LogP contribution in [0.3, 0.4) is 0 Å². The molecule has 4 atom stereocenters. The van der Waals surface area contributed by atoms with Gasteiger partial charge < -0.3 is 34.3 Å². The van der Waals surface area contributed by atoms with Crippen LogP contribution < -0.4 is 10.6 Å². The Morgan fingerprint density at radius 2 is 1.02 bits per heavy atom. The molecule has 0 saturated carbocycles. The number of likely N-dealkylation sites (tertiary alicyclic amines) is 2. The van der Waals surface area contributed by atoms with Crippen molar-refractivity contribution in [2.24, 2.45) is 0 Å². The standard InChI is InChI=1S/C34H38N6O7/c41-29(25-5-1-17-39(25)33(43)27-7-3-19-45-27)35-23-13-9-21(10-14-23)31-37-38-32(47-31)22-11-15-24(16-12-22)36-30(42)26-6-2-18-40(26)34(44)28-8-4-20-46-28/h9-16,25-28H,1-8,17-20H2,(H,35,41)(H,36,42)/t25?,26?,27-,28-/m0/s1. The fourth-order valence-corrected chi connectivity index (χ4v) is 6.82. The third-order valence-corrected chi connectivity index (χ3v) is 9.31. The maximum Gasteiger partial charge on any atom is 0.252 e. The Morgan fingerprint density at radius 3 is 1.40 bits per heavy atom. The fraction of sp³-hybridized carbons (Fsp3) is 0.471. The molecule has 7 rings (SSSR count). The first-order valence-electron chi connectivity index (χ1n) is 16.4. The minimum absolute atomic E-state index is 0.0964. The molecule has 4 saturated heterocycles. The number of carbonyl (C=O) groups excluding carboxylic acids is 4. The average molecular weight is 643 g/mol. The van der Waals surface area contributed by atoms with Gasteiger partial charge in [0.2, 0.25) is 23.6 Å². The molecule has 13 nitrogen and oxygen atoms in total. The normalized spacial score (nSPS) is 24.1. The lowest BCUT2D eigenvalue weighted by molar-refractivity contribution is -0.144. The second-order valence-corrected chi connectivity index (χ2v) is 12.4. The molecule has 13 heteroatoms. The van der Waals surface area contributed by atoms with Gasteiger partial charge in [0.05, 0.1) is 0 Å². The molecule has 0 aliphatic carbocycles. The molecule has 4 aliphatic rings. The number of nitrogens with one attached hydrogen (secondary N) is 2. The van der Waals surface area contributed by atoms with Crippen LogP contribution in [0.15, 0.2) is 52.9 Å². The van der Waals surface area contributed by atoms with Gasteiger partial charge in [0.15, 0.2) is 0 Å². The van der Waals surface area contributed by atoms with Gasteiger partial charge in [-0.1, -0.05) is 0 Å². The lowest BCUT2D eigenvalue weighted by Crippen LogP contribution is -2.47. The maximum atomic E-state index is 13.1. The number of anilines is 2. The van der Waals surface area contributed by atoms with Crippen molar-refractivity contribution in [3.63, 3.8) is 0 Å². The van der Waals surface area contributed by atoms with Gasteiger partial charge in [-0.05, 0) is 99.9 Å². The Balaban J connectivity index is 0.940. The van der Waals surface area contributed by atoms with Crippen LogP contribution >= 0.6 is 0 Å². The van der Waals surface area contributed by atoms with Crippen LogP contribution in [0, 0.1) is 0 Å². The van der Waals surface area contributed by atoms with E-state index in [9.17, 15) is 19.2 Å².